The van der Waals surface area contributed by atoms with Crippen molar-refractivity contribution in [1.29, 1.82) is 0 Å². The minimum atomic E-state index is -4.92. The van der Waals surface area contributed by atoms with E-state index in [4.69, 9.17) is 0 Å². The highest BCUT2D eigenvalue weighted by atomic mass is 19.4. The molecule has 1 atom stereocenters. The molecule has 0 radical (unpaired) electrons. The lowest BCUT2D eigenvalue weighted by molar-refractivity contribution is -0.142. The minimum Gasteiger partial charge on any atom is -0.324 e. The van der Waals surface area contributed by atoms with Crippen molar-refractivity contribution in [1.82, 2.24) is 9.55 Å². The van der Waals surface area contributed by atoms with Crippen molar-refractivity contribution in [3.63, 3.8) is 0 Å². The lowest BCUT2D eigenvalue weighted by atomic mass is 10.1. The Kier molecular flexibility index (Phi) is 5.46. The van der Waals surface area contributed by atoms with Crippen molar-refractivity contribution in [2.75, 3.05) is 5.32 Å². The molecule has 152 valence electrons. The van der Waals surface area contributed by atoms with E-state index in [1.165, 1.54) is 18.2 Å². The fourth-order valence-corrected chi connectivity index (χ4v) is 3.18. The van der Waals surface area contributed by atoms with Crippen LogP contribution >= 0.6 is 0 Å². The number of nitrogens with one attached hydrogen (secondary N) is 1. The Balaban J connectivity index is 2.13. The zero-order valence-corrected chi connectivity index (χ0v) is 16.2. The number of aryl methyl sites for hydroxylation is 2. The Morgan fingerprint density at radius 3 is 2.45 bits per heavy atom. The van der Waals surface area contributed by atoms with Crippen LogP contribution < -0.4 is 10.9 Å². The van der Waals surface area contributed by atoms with Crippen LogP contribution in [0.15, 0.2) is 47.3 Å². The van der Waals surface area contributed by atoms with E-state index in [9.17, 15) is 22.8 Å². The number of halogens is 3. The molecule has 2 aromatic carbocycles. The zero-order chi connectivity index (χ0) is 21.3. The number of aromatic nitrogens is 2. The Hall–Kier alpha value is -3.16. The Labute approximate surface area is 165 Å². The topological polar surface area (TPSA) is 64.0 Å². The summed E-state index contributed by atoms with van der Waals surface area (Å²) in [6.45, 7) is 5.45. The van der Waals surface area contributed by atoms with Crippen LogP contribution in [0.3, 0.4) is 0 Å². The third kappa shape index (κ3) is 4.01. The molecule has 0 saturated heterocycles. The summed E-state index contributed by atoms with van der Waals surface area (Å²) >= 11 is 0. The first-order valence-corrected chi connectivity index (χ1v) is 9.10. The van der Waals surface area contributed by atoms with Gasteiger partial charge in [-0.3, -0.25) is 14.2 Å². The van der Waals surface area contributed by atoms with Crippen LogP contribution in [0.25, 0.3) is 11.0 Å². The number of nitrogens with zero attached hydrogens (tertiary/aromatic N) is 2. The van der Waals surface area contributed by atoms with Gasteiger partial charge < -0.3 is 5.32 Å². The summed E-state index contributed by atoms with van der Waals surface area (Å²) in [6.07, 6.45) is -4.80. The summed E-state index contributed by atoms with van der Waals surface area (Å²) in [6, 6.07) is 10.2. The van der Waals surface area contributed by atoms with Crippen LogP contribution in [-0.2, 0) is 11.0 Å². The van der Waals surface area contributed by atoms with Gasteiger partial charge in [0.2, 0.25) is 11.6 Å². The molecule has 1 heterocycles. The van der Waals surface area contributed by atoms with E-state index in [-0.39, 0.29) is 17.5 Å². The molecule has 5 nitrogen and oxygen atoms in total. The zero-order valence-electron chi connectivity index (χ0n) is 16.2. The highest BCUT2D eigenvalue weighted by molar-refractivity contribution is 5.94. The number of carbonyl (C=O) groups excluding carboxylic acids is 1. The normalized spacial score (nSPS) is 12.8. The first-order valence-electron chi connectivity index (χ1n) is 9.10. The summed E-state index contributed by atoms with van der Waals surface area (Å²) in [5.41, 5.74) is -0.182. The van der Waals surface area contributed by atoms with Crippen LogP contribution in [0.4, 0.5) is 18.9 Å². The van der Waals surface area contributed by atoms with E-state index in [0.717, 1.165) is 15.7 Å². The summed E-state index contributed by atoms with van der Waals surface area (Å²) in [5.74, 6) is -0.567. The predicted molar refractivity (Wildman–Crippen MR) is 105 cm³/mol. The molecule has 3 rings (SSSR count). The molecular formula is C21H20F3N3O2. The molecule has 0 aliphatic rings. The molecule has 1 aromatic heterocycles. The largest absolute Gasteiger partial charge is 0.438 e. The average Bonchev–Trinajstić information content (AvgIpc) is 2.66. The third-order valence-corrected chi connectivity index (χ3v) is 4.84. The summed E-state index contributed by atoms with van der Waals surface area (Å²) in [7, 11) is 0. The number of para-hydroxylation sites is 2. The van der Waals surface area contributed by atoms with Crippen molar-refractivity contribution in [2.24, 2.45) is 0 Å². The SMILES string of the molecule is CCC(C(=O)Nc1ccc(C)c(C)c1)n1c(=O)c(C(F)(F)F)nc2ccccc21. The van der Waals surface area contributed by atoms with Gasteiger partial charge in [-0.15, -0.1) is 0 Å². The van der Waals surface area contributed by atoms with Gasteiger partial charge >= 0.3 is 6.18 Å². The fraction of sp³-hybridized carbons (Fsp3) is 0.286. The Morgan fingerprint density at radius 1 is 1.14 bits per heavy atom. The number of rotatable bonds is 4. The molecule has 1 unspecified atom stereocenters. The number of amides is 1. The monoisotopic (exact) mass is 403 g/mol. The van der Waals surface area contributed by atoms with Crippen molar-refractivity contribution in [3.05, 3.63) is 69.6 Å². The maximum atomic E-state index is 13.4. The predicted octanol–water partition coefficient (Wildman–Crippen LogP) is 4.62. The maximum Gasteiger partial charge on any atom is 0.438 e. The molecular weight excluding hydrogens is 383 g/mol. The maximum absolute atomic E-state index is 13.4. The van der Waals surface area contributed by atoms with Crippen LogP contribution in [0.1, 0.15) is 36.2 Å². The van der Waals surface area contributed by atoms with E-state index in [0.29, 0.717) is 5.69 Å². The molecule has 8 heteroatoms. The van der Waals surface area contributed by atoms with E-state index in [1.807, 2.05) is 19.9 Å². The van der Waals surface area contributed by atoms with Gasteiger partial charge in [0.15, 0.2) is 0 Å². The first kappa shape index (κ1) is 20.6. The molecule has 29 heavy (non-hydrogen) atoms. The fourth-order valence-electron chi connectivity index (χ4n) is 3.18. The number of benzene rings is 2. The lowest BCUT2D eigenvalue weighted by Gasteiger charge is -2.21. The Bertz CT molecular complexity index is 1140. The molecule has 3 aromatic rings. The number of carbonyl (C=O) groups is 1. The van der Waals surface area contributed by atoms with E-state index in [1.54, 1.807) is 25.1 Å². The van der Waals surface area contributed by atoms with Gasteiger partial charge in [-0.25, -0.2) is 4.98 Å². The average molecular weight is 403 g/mol. The second kappa shape index (κ2) is 7.69. The smallest absolute Gasteiger partial charge is 0.324 e. The highest BCUT2D eigenvalue weighted by Gasteiger charge is 2.38. The summed E-state index contributed by atoms with van der Waals surface area (Å²) < 4.78 is 41.0. The number of hydrogen-bond donors (Lipinski definition) is 1. The minimum absolute atomic E-state index is 0.00291. The highest BCUT2D eigenvalue weighted by Crippen LogP contribution is 2.28. The quantitative estimate of drug-likeness (QED) is 0.691. The summed E-state index contributed by atoms with van der Waals surface area (Å²) in [4.78, 5) is 29.1. The van der Waals surface area contributed by atoms with E-state index >= 15 is 0 Å². The van der Waals surface area contributed by atoms with Gasteiger partial charge in [0.25, 0.3) is 5.56 Å². The van der Waals surface area contributed by atoms with Crippen molar-refractivity contribution < 1.29 is 18.0 Å². The van der Waals surface area contributed by atoms with Crippen LogP contribution in [-0.4, -0.2) is 15.5 Å². The lowest BCUT2D eigenvalue weighted by Crippen LogP contribution is -2.37. The molecule has 1 N–H and O–H groups in total. The molecule has 1 amide bonds. The van der Waals surface area contributed by atoms with Gasteiger partial charge in [0, 0.05) is 5.69 Å². The molecule has 0 spiro atoms. The number of hydrogen-bond acceptors (Lipinski definition) is 3. The van der Waals surface area contributed by atoms with E-state index in [2.05, 4.69) is 10.3 Å². The molecule has 0 saturated carbocycles. The molecule has 0 fully saturated rings. The van der Waals surface area contributed by atoms with Gasteiger partial charge in [0.05, 0.1) is 11.0 Å². The second-order valence-corrected chi connectivity index (χ2v) is 6.83. The van der Waals surface area contributed by atoms with Gasteiger partial charge in [-0.1, -0.05) is 25.1 Å². The van der Waals surface area contributed by atoms with Crippen LogP contribution in [0.2, 0.25) is 0 Å². The van der Waals surface area contributed by atoms with Gasteiger partial charge in [-0.2, -0.15) is 13.2 Å². The first-order chi connectivity index (χ1) is 13.6. The molecule has 0 aliphatic carbocycles. The van der Waals surface area contributed by atoms with Crippen molar-refractivity contribution in [2.45, 2.75) is 39.4 Å². The number of alkyl halides is 3. The van der Waals surface area contributed by atoms with Crippen molar-refractivity contribution >= 4 is 22.6 Å². The second-order valence-electron chi connectivity index (χ2n) is 6.83. The molecule has 0 aliphatic heterocycles. The van der Waals surface area contributed by atoms with Gasteiger partial charge in [-0.05, 0) is 55.7 Å². The standard InChI is InChI=1S/C21H20F3N3O2/c1-4-16(19(28)25-14-10-9-12(2)13(3)11-14)27-17-8-6-5-7-15(17)26-18(20(27)29)21(22,23)24/h5-11,16H,4H2,1-3H3,(H,25,28). The summed E-state index contributed by atoms with van der Waals surface area (Å²) in [5, 5.41) is 2.71. The van der Waals surface area contributed by atoms with Crippen LogP contribution in [0, 0.1) is 13.8 Å². The van der Waals surface area contributed by atoms with Gasteiger partial charge in [0.1, 0.15) is 6.04 Å². The number of fused-ring (bicyclic) bond motifs is 1. The Morgan fingerprint density at radius 2 is 1.83 bits per heavy atom. The van der Waals surface area contributed by atoms with E-state index < -0.39 is 29.4 Å². The van der Waals surface area contributed by atoms with Crippen molar-refractivity contribution in [3.8, 4) is 0 Å². The number of anilines is 1. The van der Waals surface area contributed by atoms with Crippen LogP contribution in [0.5, 0.6) is 0 Å². The molecule has 0 bridgehead atoms. The third-order valence-electron chi connectivity index (χ3n) is 4.84.